The van der Waals surface area contributed by atoms with Crippen molar-refractivity contribution >= 4 is 11.8 Å². The van der Waals surface area contributed by atoms with Gasteiger partial charge in [0.05, 0.1) is 0 Å². The zero-order chi connectivity index (χ0) is 9.80. The van der Waals surface area contributed by atoms with Gasteiger partial charge in [0.25, 0.3) is 0 Å². The minimum atomic E-state index is 0.824. The summed E-state index contributed by atoms with van der Waals surface area (Å²) in [7, 11) is 0. The maximum Gasteiger partial charge on any atom is 0.0203 e. The van der Waals surface area contributed by atoms with Gasteiger partial charge in [-0.15, -0.1) is 0 Å². The van der Waals surface area contributed by atoms with Crippen molar-refractivity contribution in [2.45, 2.75) is 68.4 Å². The summed E-state index contributed by atoms with van der Waals surface area (Å²) in [5.74, 6) is 0. The molecule has 2 fully saturated rings. The number of fused-ring (bicyclic) bond motifs is 1. The van der Waals surface area contributed by atoms with Gasteiger partial charge in [0.15, 0.2) is 0 Å². The Kier molecular flexibility index (Phi) is 4.18. The Morgan fingerprint density at radius 2 is 1.79 bits per heavy atom. The van der Waals surface area contributed by atoms with Gasteiger partial charge in [-0.2, -0.15) is 11.8 Å². The minimum Gasteiger partial charge on any atom is -0.313 e. The molecule has 0 aromatic carbocycles. The van der Waals surface area contributed by atoms with E-state index in [9.17, 15) is 0 Å². The lowest BCUT2D eigenvalue weighted by atomic mass is 9.96. The first-order valence-corrected chi connectivity index (χ1v) is 7.19. The normalized spacial score (nSPS) is 40.5. The van der Waals surface area contributed by atoms with Gasteiger partial charge in [-0.1, -0.05) is 32.6 Å². The van der Waals surface area contributed by atoms with Crippen LogP contribution in [0.4, 0.5) is 0 Å². The van der Waals surface area contributed by atoms with E-state index in [4.69, 9.17) is 0 Å². The van der Waals surface area contributed by atoms with Crippen molar-refractivity contribution in [3.05, 3.63) is 0 Å². The van der Waals surface area contributed by atoms with Crippen LogP contribution in [0.1, 0.15) is 51.9 Å². The van der Waals surface area contributed by atoms with E-state index in [2.05, 4.69) is 24.0 Å². The molecular weight excluding hydrogens is 190 g/mol. The van der Waals surface area contributed by atoms with Crippen LogP contribution in [0.5, 0.6) is 0 Å². The second-order valence-corrected chi connectivity index (χ2v) is 6.51. The molecule has 1 aliphatic heterocycles. The number of hydrogen-bond acceptors (Lipinski definition) is 2. The maximum atomic E-state index is 3.76. The molecule has 0 spiro atoms. The summed E-state index contributed by atoms with van der Waals surface area (Å²) in [6.45, 7) is 3.64. The standard InChI is InChI=1S/C12H23NS/c1-10-8-9-13-11-6-4-2-3-5-7-12(11)14-10/h10-13H,2-9H2,1H3. The van der Waals surface area contributed by atoms with E-state index in [1.807, 2.05) is 0 Å². The predicted octanol–water partition coefficient (Wildman–Crippen LogP) is 3.19. The van der Waals surface area contributed by atoms with Gasteiger partial charge in [-0.05, 0) is 25.8 Å². The van der Waals surface area contributed by atoms with Crippen LogP contribution < -0.4 is 5.32 Å². The molecule has 1 saturated heterocycles. The van der Waals surface area contributed by atoms with Crippen molar-refractivity contribution < 1.29 is 0 Å². The Morgan fingerprint density at radius 3 is 2.64 bits per heavy atom. The van der Waals surface area contributed by atoms with Crippen LogP contribution in [-0.4, -0.2) is 23.1 Å². The van der Waals surface area contributed by atoms with E-state index < -0.39 is 0 Å². The molecule has 2 rings (SSSR count). The van der Waals surface area contributed by atoms with Crippen LogP contribution in [0.15, 0.2) is 0 Å². The SMILES string of the molecule is CC1CCNC2CCCCCCC2S1. The van der Waals surface area contributed by atoms with E-state index in [1.54, 1.807) is 0 Å². The van der Waals surface area contributed by atoms with Crippen LogP contribution in [0.3, 0.4) is 0 Å². The third kappa shape index (κ3) is 2.90. The first-order valence-electron chi connectivity index (χ1n) is 6.25. The van der Waals surface area contributed by atoms with Crippen molar-refractivity contribution in [1.29, 1.82) is 0 Å². The minimum absolute atomic E-state index is 0.824. The zero-order valence-corrected chi connectivity index (χ0v) is 10.1. The van der Waals surface area contributed by atoms with Crippen LogP contribution >= 0.6 is 11.8 Å². The molecule has 3 unspecified atom stereocenters. The van der Waals surface area contributed by atoms with Crippen molar-refractivity contribution in [2.75, 3.05) is 6.54 Å². The second-order valence-electron chi connectivity index (χ2n) is 4.83. The van der Waals surface area contributed by atoms with Gasteiger partial charge in [0, 0.05) is 16.5 Å². The van der Waals surface area contributed by atoms with Gasteiger partial charge in [-0.25, -0.2) is 0 Å². The monoisotopic (exact) mass is 213 g/mol. The highest BCUT2D eigenvalue weighted by atomic mass is 32.2. The third-order valence-corrected chi connectivity index (χ3v) is 5.18. The fraction of sp³-hybridized carbons (Fsp3) is 1.00. The average Bonchev–Trinajstić information content (AvgIpc) is 2.29. The topological polar surface area (TPSA) is 12.0 Å². The summed E-state index contributed by atoms with van der Waals surface area (Å²) in [5, 5.41) is 5.54. The Hall–Kier alpha value is 0.310. The first kappa shape index (κ1) is 10.8. The van der Waals surface area contributed by atoms with Crippen molar-refractivity contribution in [1.82, 2.24) is 5.32 Å². The van der Waals surface area contributed by atoms with Gasteiger partial charge in [0.1, 0.15) is 0 Å². The van der Waals surface area contributed by atoms with Crippen molar-refractivity contribution in [3.63, 3.8) is 0 Å². The Labute approximate surface area is 92.4 Å². The van der Waals surface area contributed by atoms with Crippen molar-refractivity contribution in [3.8, 4) is 0 Å². The summed E-state index contributed by atoms with van der Waals surface area (Å²) in [4.78, 5) is 0. The lowest BCUT2D eigenvalue weighted by Crippen LogP contribution is -2.37. The van der Waals surface area contributed by atoms with Crippen LogP contribution in [0.25, 0.3) is 0 Å². The molecule has 1 nitrogen and oxygen atoms in total. The molecule has 0 bridgehead atoms. The molecule has 0 radical (unpaired) electrons. The molecule has 2 heteroatoms. The van der Waals surface area contributed by atoms with Gasteiger partial charge in [0.2, 0.25) is 0 Å². The molecule has 0 amide bonds. The molecule has 82 valence electrons. The molecular formula is C12H23NS. The van der Waals surface area contributed by atoms with E-state index in [1.165, 1.54) is 51.5 Å². The first-order chi connectivity index (χ1) is 6.86. The number of rotatable bonds is 0. The molecule has 1 saturated carbocycles. The smallest absolute Gasteiger partial charge is 0.0203 e. The van der Waals surface area contributed by atoms with Crippen LogP contribution in [0, 0.1) is 0 Å². The lowest BCUT2D eigenvalue weighted by Gasteiger charge is -2.28. The van der Waals surface area contributed by atoms with Gasteiger partial charge >= 0.3 is 0 Å². The van der Waals surface area contributed by atoms with Crippen molar-refractivity contribution in [2.24, 2.45) is 0 Å². The van der Waals surface area contributed by atoms with Gasteiger partial charge < -0.3 is 5.32 Å². The van der Waals surface area contributed by atoms with Gasteiger partial charge in [-0.3, -0.25) is 0 Å². The molecule has 14 heavy (non-hydrogen) atoms. The fourth-order valence-corrected chi connectivity index (χ4v) is 4.26. The molecule has 2 aliphatic rings. The Bertz CT molecular complexity index is 170. The molecule has 0 aromatic heterocycles. The summed E-state index contributed by atoms with van der Waals surface area (Å²) in [6, 6.07) is 0.824. The predicted molar refractivity (Wildman–Crippen MR) is 65.0 cm³/mol. The molecule has 3 atom stereocenters. The summed E-state index contributed by atoms with van der Waals surface area (Å²) < 4.78 is 0. The highest BCUT2D eigenvalue weighted by molar-refractivity contribution is 8.00. The van der Waals surface area contributed by atoms with E-state index in [0.29, 0.717) is 0 Å². The van der Waals surface area contributed by atoms with Crippen LogP contribution in [0.2, 0.25) is 0 Å². The Balaban J connectivity index is 1.95. The highest BCUT2D eigenvalue weighted by Gasteiger charge is 2.26. The third-order valence-electron chi connectivity index (χ3n) is 3.57. The number of hydrogen-bond donors (Lipinski definition) is 1. The van der Waals surface area contributed by atoms with E-state index in [-0.39, 0.29) is 0 Å². The zero-order valence-electron chi connectivity index (χ0n) is 9.30. The molecule has 1 heterocycles. The number of nitrogens with one attached hydrogen (secondary N) is 1. The second kappa shape index (κ2) is 5.41. The average molecular weight is 213 g/mol. The van der Waals surface area contributed by atoms with E-state index >= 15 is 0 Å². The largest absolute Gasteiger partial charge is 0.313 e. The summed E-state index contributed by atoms with van der Waals surface area (Å²) in [6.07, 6.45) is 10.1. The maximum absolute atomic E-state index is 3.76. The Morgan fingerprint density at radius 1 is 1.00 bits per heavy atom. The summed E-state index contributed by atoms with van der Waals surface area (Å²) in [5.41, 5.74) is 0. The molecule has 1 aliphatic carbocycles. The summed E-state index contributed by atoms with van der Waals surface area (Å²) >= 11 is 2.25. The molecule has 0 aromatic rings. The lowest BCUT2D eigenvalue weighted by molar-refractivity contribution is 0.405. The van der Waals surface area contributed by atoms with E-state index in [0.717, 1.165) is 16.5 Å². The number of thioether (sulfide) groups is 1. The fourth-order valence-electron chi connectivity index (χ4n) is 2.69. The molecule has 1 N–H and O–H groups in total. The quantitative estimate of drug-likeness (QED) is 0.663. The highest BCUT2D eigenvalue weighted by Crippen LogP contribution is 2.32. The van der Waals surface area contributed by atoms with Crippen LogP contribution in [-0.2, 0) is 0 Å².